The fourth-order valence-electron chi connectivity index (χ4n) is 3.89. The van der Waals surface area contributed by atoms with Crippen molar-refractivity contribution in [1.29, 1.82) is 0 Å². The van der Waals surface area contributed by atoms with Gasteiger partial charge in [0.2, 0.25) is 11.1 Å². The summed E-state index contributed by atoms with van der Waals surface area (Å²) >= 11 is 1.24. The van der Waals surface area contributed by atoms with E-state index in [9.17, 15) is 9.59 Å². The van der Waals surface area contributed by atoms with Crippen LogP contribution in [-0.2, 0) is 4.79 Å². The molecule has 1 atom stereocenters. The Kier molecular flexibility index (Phi) is 6.58. The molecule has 4 aromatic rings. The molecule has 174 valence electrons. The maximum Gasteiger partial charge on any atom is 0.227 e. The van der Waals surface area contributed by atoms with Gasteiger partial charge in [0.05, 0.1) is 16.6 Å². The molecule has 35 heavy (non-hydrogen) atoms. The number of carbonyl (C=O) groups excluding carboxylic acids is 2. The van der Waals surface area contributed by atoms with Crippen molar-refractivity contribution in [3.63, 3.8) is 0 Å². The van der Waals surface area contributed by atoms with Gasteiger partial charge >= 0.3 is 0 Å². The summed E-state index contributed by atoms with van der Waals surface area (Å²) in [6, 6.07) is 18.3. The van der Waals surface area contributed by atoms with Gasteiger partial charge in [0, 0.05) is 36.6 Å². The minimum absolute atomic E-state index is 0.0499. The highest BCUT2D eigenvalue weighted by Crippen LogP contribution is 2.30. The Hall–Kier alpha value is -3.98. The number of ketones is 1. The van der Waals surface area contributed by atoms with Crippen LogP contribution in [0.1, 0.15) is 30.1 Å². The highest BCUT2D eigenvalue weighted by atomic mass is 32.2. The molecule has 1 unspecified atom stereocenters. The maximum absolute atomic E-state index is 13.1. The molecule has 1 aliphatic rings. The molecule has 3 aromatic heterocycles. The molecule has 4 heterocycles. The van der Waals surface area contributed by atoms with Crippen LogP contribution in [-0.4, -0.2) is 48.6 Å². The van der Waals surface area contributed by atoms with Gasteiger partial charge in [0.1, 0.15) is 11.4 Å². The predicted octanol–water partition coefficient (Wildman–Crippen LogP) is 4.49. The van der Waals surface area contributed by atoms with Gasteiger partial charge in [-0.05, 0) is 61.9 Å². The third kappa shape index (κ3) is 4.95. The number of nitrogens with zero attached hydrogens (tertiary/aromatic N) is 6. The Labute approximate surface area is 206 Å². The average Bonchev–Trinajstić information content (AvgIpc) is 3.35. The molecule has 1 aromatic carbocycles. The van der Waals surface area contributed by atoms with Crippen molar-refractivity contribution in [3.05, 3.63) is 78.6 Å². The van der Waals surface area contributed by atoms with E-state index in [1.54, 1.807) is 29.4 Å². The number of pyridine rings is 2. The number of amides is 1. The zero-order chi connectivity index (χ0) is 24.2. The first kappa shape index (κ1) is 22.8. The molecule has 1 amide bonds. The molecular weight excluding hydrogens is 460 g/mol. The van der Waals surface area contributed by atoms with Crippen molar-refractivity contribution in [3.8, 4) is 22.8 Å². The number of benzene rings is 1. The number of thioether (sulfide) groups is 1. The van der Waals surface area contributed by atoms with Gasteiger partial charge in [-0.15, -0.1) is 10.2 Å². The number of anilines is 1. The summed E-state index contributed by atoms with van der Waals surface area (Å²) in [5.74, 6) is 0.0709. The van der Waals surface area contributed by atoms with Crippen molar-refractivity contribution in [2.45, 2.75) is 30.2 Å². The summed E-state index contributed by atoms with van der Waals surface area (Å²) < 4.78 is 0. The number of rotatable bonds is 7. The molecule has 1 aliphatic heterocycles. The molecule has 8 nitrogen and oxygen atoms in total. The molecule has 0 aliphatic carbocycles. The first-order chi connectivity index (χ1) is 17.1. The Bertz CT molecular complexity index is 1350. The first-order valence-corrected chi connectivity index (χ1v) is 12.2. The van der Waals surface area contributed by atoms with Gasteiger partial charge in [-0.2, -0.15) is 0 Å². The van der Waals surface area contributed by atoms with Crippen LogP contribution in [0.4, 0.5) is 5.69 Å². The Morgan fingerprint density at radius 2 is 1.60 bits per heavy atom. The van der Waals surface area contributed by atoms with E-state index in [-0.39, 0.29) is 11.7 Å². The monoisotopic (exact) mass is 482 g/mol. The van der Waals surface area contributed by atoms with Crippen molar-refractivity contribution in [2.75, 3.05) is 11.4 Å². The third-order valence-electron chi connectivity index (χ3n) is 5.67. The molecule has 0 saturated carbocycles. The van der Waals surface area contributed by atoms with Gasteiger partial charge in [-0.1, -0.05) is 23.9 Å². The van der Waals surface area contributed by atoms with Crippen LogP contribution in [0.2, 0.25) is 0 Å². The van der Waals surface area contributed by atoms with Gasteiger partial charge < -0.3 is 4.90 Å². The largest absolute Gasteiger partial charge is 0.312 e. The van der Waals surface area contributed by atoms with Crippen molar-refractivity contribution in [2.24, 2.45) is 0 Å². The predicted molar refractivity (Wildman–Crippen MR) is 134 cm³/mol. The highest BCUT2D eigenvalue weighted by molar-refractivity contribution is 8.00. The second-order valence-corrected chi connectivity index (χ2v) is 9.35. The second kappa shape index (κ2) is 10.1. The molecule has 0 N–H and O–H groups in total. The summed E-state index contributed by atoms with van der Waals surface area (Å²) in [6.45, 7) is 2.54. The average molecular weight is 483 g/mol. The summed E-state index contributed by atoms with van der Waals surface area (Å²) in [6.07, 6.45) is 4.81. The van der Waals surface area contributed by atoms with Gasteiger partial charge in [0.25, 0.3) is 0 Å². The van der Waals surface area contributed by atoms with Crippen molar-refractivity contribution < 1.29 is 9.59 Å². The van der Waals surface area contributed by atoms with Crippen molar-refractivity contribution >= 4 is 29.1 Å². The first-order valence-electron chi connectivity index (χ1n) is 11.3. The zero-order valence-electron chi connectivity index (χ0n) is 19.0. The number of aromatic nitrogens is 5. The second-order valence-electron chi connectivity index (χ2n) is 8.04. The number of hydrogen-bond donors (Lipinski definition) is 0. The molecule has 1 saturated heterocycles. The van der Waals surface area contributed by atoms with Crippen LogP contribution < -0.4 is 4.90 Å². The van der Waals surface area contributed by atoms with E-state index in [2.05, 4.69) is 20.2 Å². The topological polar surface area (TPSA) is 102 Å². The van der Waals surface area contributed by atoms with Crippen LogP contribution in [0.3, 0.4) is 0 Å². The Balaban J connectivity index is 1.37. The van der Waals surface area contributed by atoms with E-state index >= 15 is 0 Å². The summed E-state index contributed by atoms with van der Waals surface area (Å²) in [4.78, 5) is 40.3. The number of Topliss-reactive ketones (excluding diaryl/α,β-unsaturated/α-hetero) is 1. The number of hydrogen-bond acceptors (Lipinski definition) is 8. The number of carbonyl (C=O) groups is 2. The lowest BCUT2D eigenvalue weighted by atomic mass is 10.1. The quantitative estimate of drug-likeness (QED) is 0.281. The Morgan fingerprint density at radius 1 is 0.914 bits per heavy atom. The molecule has 0 spiro atoms. The van der Waals surface area contributed by atoms with E-state index in [1.807, 2.05) is 55.5 Å². The van der Waals surface area contributed by atoms with Gasteiger partial charge in [0.15, 0.2) is 5.78 Å². The van der Waals surface area contributed by atoms with E-state index in [0.717, 1.165) is 18.7 Å². The van der Waals surface area contributed by atoms with E-state index in [4.69, 9.17) is 4.98 Å². The summed E-state index contributed by atoms with van der Waals surface area (Å²) in [5.41, 5.74) is 3.77. The lowest BCUT2D eigenvalue weighted by Gasteiger charge is -2.16. The highest BCUT2D eigenvalue weighted by Gasteiger charge is 2.24. The normalized spacial score (nSPS) is 14.2. The smallest absolute Gasteiger partial charge is 0.227 e. The lowest BCUT2D eigenvalue weighted by molar-refractivity contribution is -0.117. The molecule has 9 heteroatoms. The third-order valence-corrected chi connectivity index (χ3v) is 6.62. The Morgan fingerprint density at radius 3 is 2.20 bits per heavy atom. The fraction of sp³-hybridized carbons (Fsp3) is 0.192. The van der Waals surface area contributed by atoms with E-state index in [0.29, 0.717) is 39.9 Å². The van der Waals surface area contributed by atoms with Crippen LogP contribution >= 0.6 is 11.8 Å². The zero-order valence-corrected chi connectivity index (χ0v) is 19.9. The van der Waals surface area contributed by atoms with Crippen LogP contribution in [0, 0.1) is 0 Å². The van der Waals surface area contributed by atoms with E-state index < -0.39 is 5.25 Å². The SMILES string of the molecule is CC(Sc1nnc(-c2ccccn2)c(-c2ccccn2)n1)C(=O)c1ccc(N2CCCC2=O)cc1. The minimum Gasteiger partial charge on any atom is -0.312 e. The fourth-order valence-corrected chi connectivity index (χ4v) is 4.68. The minimum atomic E-state index is -0.437. The van der Waals surface area contributed by atoms with Crippen LogP contribution in [0.15, 0.2) is 78.2 Å². The van der Waals surface area contributed by atoms with E-state index in [1.165, 1.54) is 11.8 Å². The summed E-state index contributed by atoms with van der Waals surface area (Å²) in [7, 11) is 0. The van der Waals surface area contributed by atoms with Crippen molar-refractivity contribution in [1.82, 2.24) is 25.1 Å². The lowest BCUT2D eigenvalue weighted by Crippen LogP contribution is -2.23. The standard InChI is InChI=1S/C26H22N6O2S/c1-17(25(34)18-10-12-19(13-11-18)32-16-6-9-22(32)33)35-26-29-23(20-7-2-4-14-27-20)24(30-31-26)21-8-3-5-15-28-21/h2-5,7-8,10-15,17H,6,9,16H2,1H3. The summed E-state index contributed by atoms with van der Waals surface area (Å²) in [5, 5.41) is 8.60. The molecule has 5 rings (SSSR count). The molecular formula is C26H22N6O2S. The molecule has 0 radical (unpaired) electrons. The van der Waals surface area contributed by atoms with Crippen LogP contribution in [0.5, 0.6) is 0 Å². The molecule has 1 fully saturated rings. The van der Waals surface area contributed by atoms with Crippen LogP contribution in [0.25, 0.3) is 22.8 Å². The maximum atomic E-state index is 13.1. The van der Waals surface area contributed by atoms with Gasteiger partial charge in [-0.25, -0.2) is 4.98 Å². The van der Waals surface area contributed by atoms with Gasteiger partial charge in [-0.3, -0.25) is 19.6 Å². The molecule has 0 bridgehead atoms.